The first kappa shape index (κ1) is 18.4. The monoisotopic (exact) mass is 346 g/mol. The quantitative estimate of drug-likeness (QED) is 0.803. The van der Waals surface area contributed by atoms with Crippen molar-refractivity contribution in [3.63, 3.8) is 0 Å². The molecule has 1 saturated heterocycles. The minimum atomic E-state index is -0.0797. The van der Waals surface area contributed by atoms with Gasteiger partial charge in [0.05, 0.1) is 25.4 Å². The second-order valence-corrected chi connectivity index (χ2v) is 7.23. The molecular formula is C20H30N2O3. The number of nitrogens with zero attached hydrogens (tertiary/aromatic N) is 1. The van der Waals surface area contributed by atoms with Gasteiger partial charge in [-0.2, -0.15) is 0 Å². The molecule has 25 heavy (non-hydrogen) atoms. The van der Waals surface area contributed by atoms with Gasteiger partial charge in [-0.25, -0.2) is 0 Å². The Morgan fingerprint density at radius 3 is 2.68 bits per heavy atom. The predicted octanol–water partition coefficient (Wildman–Crippen LogP) is 2.26. The van der Waals surface area contributed by atoms with Crippen molar-refractivity contribution in [3.8, 4) is 0 Å². The van der Waals surface area contributed by atoms with Crippen LogP contribution in [0, 0.1) is 0 Å². The van der Waals surface area contributed by atoms with Crippen molar-refractivity contribution in [2.75, 3.05) is 40.5 Å². The SMILES string of the molecule is CCC(=O)N[C@H]1c2ccccc2C2(CCN(C)CC2)[C@@H]1OCCOC. The molecular weight excluding hydrogens is 316 g/mol. The molecule has 1 N–H and O–H groups in total. The Bertz CT molecular complexity index is 596. The summed E-state index contributed by atoms with van der Waals surface area (Å²) < 4.78 is 11.5. The minimum absolute atomic E-state index is 0.0253. The van der Waals surface area contributed by atoms with E-state index in [-0.39, 0.29) is 23.5 Å². The number of rotatable bonds is 6. The molecule has 0 aromatic heterocycles. The summed E-state index contributed by atoms with van der Waals surface area (Å²) in [6.07, 6.45) is 2.55. The van der Waals surface area contributed by atoms with Crippen LogP contribution in [-0.4, -0.2) is 57.4 Å². The number of carbonyl (C=O) groups excluding carboxylic acids is 1. The van der Waals surface area contributed by atoms with Gasteiger partial charge in [-0.1, -0.05) is 31.2 Å². The van der Waals surface area contributed by atoms with E-state index in [1.165, 1.54) is 11.1 Å². The van der Waals surface area contributed by atoms with Crippen LogP contribution in [0.15, 0.2) is 24.3 Å². The fourth-order valence-corrected chi connectivity index (χ4v) is 4.37. The van der Waals surface area contributed by atoms with Crippen LogP contribution >= 0.6 is 0 Å². The highest BCUT2D eigenvalue weighted by molar-refractivity contribution is 5.76. The molecule has 0 bridgehead atoms. The topological polar surface area (TPSA) is 50.8 Å². The molecule has 0 saturated carbocycles. The first-order valence-corrected chi connectivity index (χ1v) is 9.30. The molecule has 1 aliphatic heterocycles. The lowest BCUT2D eigenvalue weighted by Crippen LogP contribution is -2.50. The van der Waals surface area contributed by atoms with Crippen molar-refractivity contribution in [1.29, 1.82) is 0 Å². The molecule has 1 spiro atoms. The van der Waals surface area contributed by atoms with E-state index in [0.29, 0.717) is 19.6 Å². The molecule has 1 fully saturated rings. The highest BCUT2D eigenvalue weighted by Gasteiger charge is 2.53. The Hall–Kier alpha value is -1.43. The normalized spacial score (nSPS) is 25.1. The number of hydrogen-bond donors (Lipinski definition) is 1. The van der Waals surface area contributed by atoms with Crippen molar-refractivity contribution >= 4 is 5.91 Å². The van der Waals surface area contributed by atoms with E-state index in [0.717, 1.165) is 25.9 Å². The van der Waals surface area contributed by atoms with Gasteiger partial charge in [0.1, 0.15) is 0 Å². The molecule has 2 atom stereocenters. The number of ether oxygens (including phenoxy) is 2. The zero-order chi connectivity index (χ0) is 17.9. The van der Waals surface area contributed by atoms with Gasteiger partial charge in [-0.3, -0.25) is 4.79 Å². The molecule has 1 aromatic rings. The Labute approximate surface area is 150 Å². The van der Waals surface area contributed by atoms with Crippen LogP contribution in [0.3, 0.4) is 0 Å². The lowest BCUT2D eigenvalue weighted by molar-refractivity contribution is -0.124. The zero-order valence-corrected chi connectivity index (χ0v) is 15.6. The lowest BCUT2D eigenvalue weighted by atomic mass is 9.72. The number of amides is 1. The van der Waals surface area contributed by atoms with Crippen molar-refractivity contribution in [1.82, 2.24) is 10.2 Å². The molecule has 138 valence electrons. The van der Waals surface area contributed by atoms with Crippen LogP contribution in [0.5, 0.6) is 0 Å². The number of benzene rings is 1. The van der Waals surface area contributed by atoms with Crippen molar-refractivity contribution in [3.05, 3.63) is 35.4 Å². The van der Waals surface area contributed by atoms with Gasteiger partial charge < -0.3 is 19.7 Å². The summed E-state index contributed by atoms with van der Waals surface area (Å²) in [5.41, 5.74) is 2.55. The van der Waals surface area contributed by atoms with E-state index in [4.69, 9.17) is 9.47 Å². The number of carbonyl (C=O) groups is 1. The van der Waals surface area contributed by atoms with E-state index in [9.17, 15) is 4.79 Å². The summed E-state index contributed by atoms with van der Waals surface area (Å²) in [6.45, 7) is 5.10. The Balaban J connectivity index is 1.96. The maximum atomic E-state index is 12.2. The van der Waals surface area contributed by atoms with Gasteiger partial charge in [-0.05, 0) is 44.1 Å². The summed E-state index contributed by atoms with van der Waals surface area (Å²) in [5, 5.41) is 3.23. The predicted molar refractivity (Wildman–Crippen MR) is 97.6 cm³/mol. The summed E-state index contributed by atoms with van der Waals surface area (Å²) in [5.74, 6) is 0.0742. The van der Waals surface area contributed by atoms with Gasteiger partial charge in [0.2, 0.25) is 5.91 Å². The van der Waals surface area contributed by atoms with E-state index in [1.807, 2.05) is 6.92 Å². The lowest BCUT2D eigenvalue weighted by Gasteiger charge is -2.43. The average molecular weight is 346 g/mol. The van der Waals surface area contributed by atoms with Crippen LogP contribution in [0.1, 0.15) is 43.4 Å². The Morgan fingerprint density at radius 2 is 2.00 bits per heavy atom. The molecule has 5 heteroatoms. The van der Waals surface area contributed by atoms with Crippen LogP contribution in [0.25, 0.3) is 0 Å². The van der Waals surface area contributed by atoms with Gasteiger partial charge in [-0.15, -0.1) is 0 Å². The Kier molecular flexibility index (Phi) is 5.77. The number of fused-ring (bicyclic) bond motifs is 2. The fraction of sp³-hybridized carbons (Fsp3) is 0.650. The van der Waals surface area contributed by atoms with Crippen molar-refractivity contribution in [2.24, 2.45) is 0 Å². The van der Waals surface area contributed by atoms with Gasteiger partial charge >= 0.3 is 0 Å². The first-order chi connectivity index (χ1) is 12.1. The van der Waals surface area contributed by atoms with E-state index in [2.05, 4.69) is 41.5 Å². The number of piperidine rings is 1. The number of hydrogen-bond acceptors (Lipinski definition) is 4. The largest absolute Gasteiger partial charge is 0.382 e. The average Bonchev–Trinajstić information content (AvgIpc) is 2.88. The molecule has 1 amide bonds. The smallest absolute Gasteiger partial charge is 0.220 e. The number of methoxy groups -OCH3 is 1. The third kappa shape index (κ3) is 3.46. The molecule has 0 unspecified atom stereocenters. The minimum Gasteiger partial charge on any atom is -0.382 e. The summed E-state index contributed by atoms with van der Waals surface area (Å²) in [6, 6.07) is 8.46. The molecule has 0 radical (unpaired) electrons. The molecule has 1 aliphatic carbocycles. The maximum absolute atomic E-state index is 12.2. The van der Waals surface area contributed by atoms with Crippen LogP contribution in [-0.2, 0) is 19.7 Å². The van der Waals surface area contributed by atoms with E-state index in [1.54, 1.807) is 7.11 Å². The molecule has 1 heterocycles. The summed E-state index contributed by atoms with van der Waals surface area (Å²) in [4.78, 5) is 14.5. The fourth-order valence-electron chi connectivity index (χ4n) is 4.37. The van der Waals surface area contributed by atoms with E-state index >= 15 is 0 Å². The van der Waals surface area contributed by atoms with Gasteiger partial charge in [0.25, 0.3) is 0 Å². The third-order valence-electron chi connectivity index (χ3n) is 5.78. The highest BCUT2D eigenvalue weighted by Crippen LogP contribution is 2.52. The zero-order valence-electron chi connectivity index (χ0n) is 15.6. The highest BCUT2D eigenvalue weighted by atomic mass is 16.5. The second-order valence-electron chi connectivity index (χ2n) is 7.23. The van der Waals surface area contributed by atoms with Crippen LogP contribution in [0.4, 0.5) is 0 Å². The summed E-state index contributed by atoms with van der Waals surface area (Å²) in [7, 11) is 3.86. The van der Waals surface area contributed by atoms with Crippen LogP contribution < -0.4 is 5.32 Å². The molecule has 3 rings (SSSR count). The van der Waals surface area contributed by atoms with Crippen molar-refractivity contribution < 1.29 is 14.3 Å². The third-order valence-corrected chi connectivity index (χ3v) is 5.78. The number of nitrogens with one attached hydrogen (secondary N) is 1. The Morgan fingerprint density at radius 1 is 1.28 bits per heavy atom. The van der Waals surface area contributed by atoms with Gasteiger partial charge in [0.15, 0.2) is 0 Å². The molecule has 2 aliphatic rings. The van der Waals surface area contributed by atoms with Gasteiger partial charge in [0, 0.05) is 18.9 Å². The van der Waals surface area contributed by atoms with Crippen LogP contribution in [0.2, 0.25) is 0 Å². The second kappa shape index (κ2) is 7.85. The molecule has 1 aromatic carbocycles. The standard InChI is InChI=1S/C20H30N2O3/c1-4-17(23)21-18-15-7-5-6-8-16(15)20(9-11-22(2)12-10-20)19(18)25-14-13-24-3/h5-8,18-19H,4,9-14H2,1-3H3,(H,21,23)/t18-,19+/m0/s1. The summed E-state index contributed by atoms with van der Waals surface area (Å²) >= 11 is 0. The van der Waals surface area contributed by atoms with E-state index < -0.39 is 0 Å². The maximum Gasteiger partial charge on any atom is 0.220 e. The van der Waals surface area contributed by atoms with Crippen molar-refractivity contribution in [2.45, 2.75) is 43.7 Å². The molecule has 5 nitrogen and oxygen atoms in total. The first-order valence-electron chi connectivity index (χ1n) is 9.30. The number of likely N-dealkylation sites (tertiary alicyclic amines) is 1.